The molecule has 3 aromatic rings. The van der Waals surface area contributed by atoms with Crippen molar-refractivity contribution >= 4 is 45.6 Å². The fourth-order valence-corrected chi connectivity index (χ4v) is 4.08. The second-order valence-corrected chi connectivity index (χ2v) is 8.19. The molecule has 2 aromatic carbocycles. The minimum absolute atomic E-state index is 0.160. The summed E-state index contributed by atoms with van der Waals surface area (Å²) in [7, 11) is 0. The van der Waals surface area contributed by atoms with E-state index in [0.717, 1.165) is 39.5 Å². The van der Waals surface area contributed by atoms with Crippen LogP contribution in [-0.2, 0) is 11.3 Å². The standard InChI is InChI=1S/C24H21N3O3S/c1-15(17-7-4-3-5-8-17)25-20(16(2)28)14-27-12-11-19-18(9-6-10-21(19)27)13-22-23(29)26-24(30)31-22/h3-13,28H,14H2,1-2H3,(H,26,29,30)/b20-16-,22-13-,25-15?. The summed E-state index contributed by atoms with van der Waals surface area (Å²) in [6.45, 7) is 3.94. The molecule has 0 unspecified atom stereocenters. The minimum atomic E-state index is -0.377. The van der Waals surface area contributed by atoms with E-state index in [1.807, 2.05) is 72.3 Å². The van der Waals surface area contributed by atoms with Crippen molar-refractivity contribution in [3.8, 4) is 0 Å². The van der Waals surface area contributed by atoms with E-state index in [0.29, 0.717) is 17.1 Å². The Hall–Kier alpha value is -3.58. The lowest BCUT2D eigenvalue weighted by Crippen LogP contribution is -2.17. The smallest absolute Gasteiger partial charge is 0.290 e. The Morgan fingerprint density at radius 3 is 2.55 bits per heavy atom. The van der Waals surface area contributed by atoms with Crippen molar-refractivity contribution in [3.05, 3.63) is 88.3 Å². The second-order valence-electron chi connectivity index (χ2n) is 7.17. The van der Waals surface area contributed by atoms with Crippen LogP contribution >= 0.6 is 11.8 Å². The van der Waals surface area contributed by atoms with Crippen molar-refractivity contribution in [3.63, 3.8) is 0 Å². The molecule has 7 heteroatoms. The number of aliphatic hydroxyl groups is 1. The predicted octanol–water partition coefficient (Wildman–Crippen LogP) is 5.26. The molecular weight excluding hydrogens is 410 g/mol. The van der Waals surface area contributed by atoms with Gasteiger partial charge in [0.2, 0.25) is 0 Å². The maximum atomic E-state index is 11.9. The Balaban J connectivity index is 1.67. The molecule has 0 atom stereocenters. The number of fused-ring (bicyclic) bond motifs is 1. The number of aromatic nitrogens is 1. The molecule has 1 aromatic heterocycles. The summed E-state index contributed by atoms with van der Waals surface area (Å²) in [4.78, 5) is 28.4. The van der Waals surface area contributed by atoms with Crippen LogP contribution in [0, 0.1) is 0 Å². The van der Waals surface area contributed by atoms with Crippen LogP contribution in [0.3, 0.4) is 0 Å². The highest BCUT2D eigenvalue weighted by Crippen LogP contribution is 2.29. The average molecular weight is 432 g/mol. The zero-order valence-corrected chi connectivity index (χ0v) is 17.9. The average Bonchev–Trinajstić information content (AvgIpc) is 3.31. The van der Waals surface area contributed by atoms with E-state index in [-0.39, 0.29) is 16.9 Å². The van der Waals surface area contributed by atoms with Gasteiger partial charge in [0.05, 0.1) is 17.1 Å². The number of imide groups is 1. The van der Waals surface area contributed by atoms with Crippen molar-refractivity contribution in [2.45, 2.75) is 20.4 Å². The van der Waals surface area contributed by atoms with Crippen LogP contribution in [0.1, 0.15) is 25.0 Å². The molecule has 0 radical (unpaired) electrons. The van der Waals surface area contributed by atoms with E-state index in [9.17, 15) is 14.7 Å². The van der Waals surface area contributed by atoms with Crippen molar-refractivity contribution in [2.24, 2.45) is 4.99 Å². The van der Waals surface area contributed by atoms with Crippen molar-refractivity contribution in [1.82, 2.24) is 9.88 Å². The maximum Gasteiger partial charge on any atom is 0.290 e. The monoisotopic (exact) mass is 431 g/mol. The number of rotatable bonds is 5. The van der Waals surface area contributed by atoms with E-state index in [2.05, 4.69) is 10.3 Å². The van der Waals surface area contributed by atoms with Crippen molar-refractivity contribution in [1.29, 1.82) is 0 Å². The van der Waals surface area contributed by atoms with Crippen LogP contribution < -0.4 is 5.32 Å². The molecule has 0 aliphatic carbocycles. The summed E-state index contributed by atoms with van der Waals surface area (Å²) in [6, 6.07) is 17.6. The van der Waals surface area contributed by atoms with Crippen molar-refractivity contribution in [2.75, 3.05) is 0 Å². The number of nitrogens with zero attached hydrogens (tertiary/aromatic N) is 2. The maximum absolute atomic E-state index is 11.9. The molecule has 1 aliphatic rings. The van der Waals surface area contributed by atoms with E-state index in [4.69, 9.17) is 0 Å². The molecule has 2 heterocycles. The van der Waals surface area contributed by atoms with Crippen LogP contribution in [0.5, 0.6) is 0 Å². The molecule has 31 heavy (non-hydrogen) atoms. The van der Waals surface area contributed by atoms with Gasteiger partial charge in [-0.2, -0.15) is 0 Å². The van der Waals surface area contributed by atoms with Gasteiger partial charge in [-0.25, -0.2) is 0 Å². The Morgan fingerprint density at radius 2 is 1.87 bits per heavy atom. The second kappa shape index (κ2) is 8.65. The number of carbonyl (C=O) groups is 2. The summed E-state index contributed by atoms with van der Waals surface area (Å²) in [6.07, 6.45) is 3.65. The Morgan fingerprint density at radius 1 is 1.10 bits per heavy atom. The van der Waals surface area contributed by atoms with Crippen LogP contribution in [0.15, 0.2) is 82.1 Å². The quantitative estimate of drug-likeness (QED) is 0.328. The molecule has 0 bridgehead atoms. The van der Waals surface area contributed by atoms with Crippen LogP contribution in [-0.4, -0.2) is 26.5 Å². The highest BCUT2D eigenvalue weighted by molar-refractivity contribution is 8.18. The molecular formula is C24H21N3O3S. The number of aliphatic hydroxyl groups excluding tert-OH is 1. The van der Waals surface area contributed by atoms with E-state index in [1.54, 1.807) is 13.0 Å². The van der Waals surface area contributed by atoms with Gasteiger partial charge in [0.1, 0.15) is 5.76 Å². The molecule has 1 fully saturated rings. The van der Waals surface area contributed by atoms with Gasteiger partial charge >= 0.3 is 0 Å². The molecule has 2 N–H and O–H groups in total. The van der Waals surface area contributed by atoms with Gasteiger partial charge in [0.25, 0.3) is 11.1 Å². The van der Waals surface area contributed by atoms with Crippen LogP contribution in [0.2, 0.25) is 0 Å². The minimum Gasteiger partial charge on any atom is -0.511 e. The first kappa shape index (κ1) is 20.7. The summed E-state index contributed by atoms with van der Waals surface area (Å²) in [5.41, 5.74) is 4.17. The van der Waals surface area contributed by atoms with Crippen LogP contribution in [0.25, 0.3) is 17.0 Å². The first-order chi connectivity index (χ1) is 14.9. The first-order valence-electron chi connectivity index (χ1n) is 9.74. The number of hydrogen-bond donors (Lipinski definition) is 2. The number of hydrogen-bond acceptors (Lipinski definition) is 5. The third-order valence-electron chi connectivity index (χ3n) is 5.01. The van der Waals surface area contributed by atoms with Crippen LogP contribution in [0.4, 0.5) is 4.79 Å². The Bertz CT molecular complexity index is 1270. The summed E-state index contributed by atoms with van der Waals surface area (Å²) >= 11 is 0.900. The largest absolute Gasteiger partial charge is 0.511 e. The van der Waals surface area contributed by atoms with Gasteiger partial charge in [0, 0.05) is 22.8 Å². The fourth-order valence-electron chi connectivity index (χ4n) is 3.41. The number of aliphatic imine (C=N–C) groups is 1. The molecule has 1 aliphatic heterocycles. The van der Waals surface area contributed by atoms with Gasteiger partial charge < -0.3 is 9.67 Å². The molecule has 0 spiro atoms. The lowest BCUT2D eigenvalue weighted by atomic mass is 10.1. The SMILES string of the molecule is CC(=N/C(Cn1ccc2c(/C=C3\SC(=O)NC3=O)cccc21)=C(/C)O)c1ccccc1. The van der Waals surface area contributed by atoms with Gasteiger partial charge in [0.15, 0.2) is 0 Å². The number of nitrogens with one attached hydrogen (secondary N) is 1. The number of allylic oxidation sites excluding steroid dienone is 2. The van der Waals surface area contributed by atoms with Gasteiger partial charge in [-0.1, -0.05) is 42.5 Å². The zero-order valence-electron chi connectivity index (χ0n) is 17.1. The summed E-state index contributed by atoms with van der Waals surface area (Å²) in [5, 5.41) is 13.1. The van der Waals surface area contributed by atoms with E-state index < -0.39 is 0 Å². The molecule has 2 amide bonds. The summed E-state index contributed by atoms with van der Waals surface area (Å²) < 4.78 is 2.00. The van der Waals surface area contributed by atoms with Gasteiger partial charge in [-0.05, 0) is 54.9 Å². The normalized spacial score (nSPS) is 16.7. The van der Waals surface area contributed by atoms with Gasteiger partial charge in [-0.15, -0.1) is 0 Å². The molecule has 4 rings (SSSR count). The Labute approximate surface area is 184 Å². The molecule has 0 saturated carbocycles. The molecule has 156 valence electrons. The predicted molar refractivity (Wildman–Crippen MR) is 125 cm³/mol. The number of carbonyl (C=O) groups excluding carboxylic acids is 2. The fraction of sp³-hybridized carbons (Fsp3) is 0.125. The number of benzene rings is 2. The summed E-state index contributed by atoms with van der Waals surface area (Å²) in [5.74, 6) is -0.216. The first-order valence-corrected chi connectivity index (χ1v) is 10.6. The third kappa shape index (κ3) is 4.46. The molecule has 1 saturated heterocycles. The number of amides is 2. The van der Waals surface area contributed by atoms with Gasteiger partial charge in [-0.3, -0.25) is 19.9 Å². The highest BCUT2D eigenvalue weighted by atomic mass is 32.2. The lowest BCUT2D eigenvalue weighted by molar-refractivity contribution is -0.115. The lowest BCUT2D eigenvalue weighted by Gasteiger charge is -2.10. The number of thioether (sulfide) groups is 1. The topological polar surface area (TPSA) is 83.7 Å². The van der Waals surface area contributed by atoms with E-state index in [1.165, 1.54) is 0 Å². The third-order valence-corrected chi connectivity index (χ3v) is 5.82. The Kier molecular flexibility index (Phi) is 5.77. The van der Waals surface area contributed by atoms with Crippen molar-refractivity contribution < 1.29 is 14.7 Å². The van der Waals surface area contributed by atoms with E-state index >= 15 is 0 Å². The molecule has 6 nitrogen and oxygen atoms in total. The zero-order chi connectivity index (χ0) is 22.0. The highest BCUT2D eigenvalue weighted by Gasteiger charge is 2.25.